The van der Waals surface area contributed by atoms with Gasteiger partial charge in [0.05, 0.1) is 6.61 Å². The Hall–Kier alpha value is -0.632. The van der Waals surface area contributed by atoms with Gasteiger partial charge < -0.3 is 33.0 Å². The summed E-state index contributed by atoms with van der Waals surface area (Å²) in [6.45, 7) is 3.10. The van der Waals surface area contributed by atoms with Crippen LogP contribution in [0.1, 0.15) is 45.4 Å². The molecular weight excluding hydrogens is 619 g/mol. The Morgan fingerprint density at radius 2 is 1.10 bits per heavy atom. The zero-order chi connectivity index (χ0) is 15.5. The minimum Gasteiger partial charge on any atom is -1.00 e. The number of rotatable bonds is 10. The summed E-state index contributed by atoms with van der Waals surface area (Å²) in [4.78, 5) is 0. The van der Waals surface area contributed by atoms with Gasteiger partial charge in [-0.25, -0.2) is 0 Å². The molecule has 0 saturated heterocycles. The van der Waals surface area contributed by atoms with Gasteiger partial charge in [0.25, 0.3) is 0 Å². The van der Waals surface area contributed by atoms with Gasteiger partial charge in [0.15, 0.2) is 7.14 Å². The van der Waals surface area contributed by atoms with Crippen LogP contribution in [0.4, 0.5) is 0 Å². The van der Waals surface area contributed by atoms with E-state index in [0.29, 0.717) is 0 Å². The first kappa shape index (κ1) is 42.5. The summed E-state index contributed by atoms with van der Waals surface area (Å²) in [6.07, 6.45) is 7.85. The molecule has 3 radical (unpaired) electrons. The third-order valence-corrected chi connectivity index (χ3v) is 6.22. The van der Waals surface area contributed by atoms with Crippen LogP contribution in [0.2, 0.25) is 0 Å². The number of halogens is 7. The summed E-state index contributed by atoms with van der Waals surface area (Å²) in [7, 11) is 0. The molecule has 0 aromatic heterocycles. The normalized spacial score (nSPS) is 8.03. The minimum absolute atomic E-state index is 0. The van der Waals surface area contributed by atoms with E-state index in [4.69, 9.17) is 4.74 Å². The quantitative estimate of drug-likeness (QED) is 0.108. The topological polar surface area (TPSA) is 9.23 Å². The van der Waals surface area contributed by atoms with Crippen LogP contribution in [0.25, 0.3) is 0 Å². The molecule has 0 bridgehead atoms. The van der Waals surface area contributed by atoms with Crippen molar-refractivity contribution in [1.29, 1.82) is 0 Å². The third-order valence-electron chi connectivity index (χ3n) is 3.53. The fourth-order valence-electron chi connectivity index (χ4n) is 2.27. The zero-order valence-corrected chi connectivity index (χ0v) is 20.9. The Balaban J connectivity index is -0.000000189. The van der Waals surface area contributed by atoms with Crippen molar-refractivity contribution in [3.05, 3.63) is 61.7 Å². The first-order valence-electron chi connectivity index (χ1n) is 8.31. The van der Waals surface area contributed by atoms with Crippen LogP contribution >= 0.6 is 0 Å². The minimum atomic E-state index is -0.0655. The van der Waals surface area contributed by atoms with Crippen molar-refractivity contribution >= 4 is 24.4 Å². The van der Waals surface area contributed by atoms with E-state index in [1.54, 1.807) is 0 Å². The summed E-state index contributed by atoms with van der Waals surface area (Å²) < 4.78 is 8.73. The second kappa shape index (κ2) is 27.4. The van der Waals surface area contributed by atoms with Gasteiger partial charge in [-0.05, 0) is 42.8 Å². The molecule has 2 aromatic carbocycles. The summed E-state index contributed by atoms with van der Waals surface area (Å²) in [5.41, 5.74) is 0. The Morgan fingerprint density at radius 1 is 0.621 bits per heavy atom. The van der Waals surface area contributed by atoms with E-state index in [1.807, 2.05) is 0 Å². The van der Waals surface area contributed by atoms with Gasteiger partial charge in [-0.1, -0.05) is 57.2 Å². The maximum Gasteiger partial charge on any atom is 0.357 e. The Morgan fingerprint density at radius 3 is 1.66 bits per heavy atom. The average molecular weight is 645 g/mol. The third kappa shape index (κ3) is 19.1. The fraction of sp³-hybridized carbons (Fsp3) is 0.400. The molecular formula is C20H26F6IOSb-5. The largest absolute Gasteiger partial charge is 1.00 e. The van der Waals surface area contributed by atoms with Crippen molar-refractivity contribution in [2.45, 2.75) is 45.4 Å². The molecule has 0 spiro atoms. The molecule has 1 nitrogen and oxygen atoms in total. The Labute approximate surface area is 197 Å². The van der Waals surface area contributed by atoms with Crippen LogP contribution in [0.5, 0.6) is 5.75 Å². The van der Waals surface area contributed by atoms with Crippen molar-refractivity contribution in [3.63, 3.8) is 0 Å². The number of hydrogen-bond donors (Lipinski definition) is 0. The summed E-state index contributed by atoms with van der Waals surface area (Å²) in [5.74, 6) is 1.01. The van der Waals surface area contributed by atoms with Gasteiger partial charge in [-0.15, -0.1) is 0 Å². The van der Waals surface area contributed by atoms with Gasteiger partial charge >= 0.3 is 21.2 Å². The number of hydrogen-bond acceptors (Lipinski definition) is 1. The van der Waals surface area contributed by atoms with Gasteiger partial charge in [0.2, 0.25) is 0 Å². The van der Waals surface area contributed by atoms with Gasteiger partial charge in [0.1, 0.15) is 5.75 Å². The Kier molecular flexibility index (Phi) is 40.1. The molecule has 0 fully saturated rings. The monoisotopic (exact) mass is 644 g/mol. The molecule has 171 valence electrons. The summed E-state index contributed by atoms with van der Waals surface area (Å²) in [6, 6.07) is 19.4. The number of ether oxygens (including phenoxy) is 1. The number of benzene rings is 2. The van der Waals surface area contributed by atoms with E-state index in [1.165, 1.54) is 45.7 Å². The van der Waals surface area contributed by atoms with Gasteiger partial charge in [-0.2, -0.15) is 0 Å². The van der Waals surface area contributed by atoms with Crippen LogP contribution in [-0.2, 0) is 0 Å². The fourth-order valence-corrected chi connectivity index (χ4v) is 4.48. The van der Waals surface area contributed by atoms with Crippen LogP contribution in [-0.4, -0.2) is 31.0 Å². The van der Waals surface area contributed by atoms with E-state index in [9.17, 15) is 0 Å². The molecule has 2 rings (SSSR count). The molecule has 0 aliphatic carbocycles. The first-order chi connectivity index (χ1) is 10.9. The molecule has 0 aliphatic heterocycles. The second-order valence-corrected chi connectivity index (χ2v) is 8.49. The SMILES string of the molecule is CCCCCCCCOc1ccc([I+]c2ccccc2)cc1.[F-].[F-].[F-].[F-].[F-].[F-].[Sb]. The second-order valence-electron chi connectivity index (χ2n) is 5.46. The maximum absolute atomic E-state index is 5.83. The van der Waals surface area contributed by atoms with E-state index in [0.717, 1.165) is 12.4 Å². The molecule has 0 unspecified atom stereocenters. The van der Waals surface area contributed by atoms with Crippen molar-refractivity contribution in [2.24, 2.45) is 0 Å². The maximum atomic E-state index is 5.83. The van der Waals surface area contributed by atoms with E-state index in [2.05, 4.69) is 61.5 Å². The van der Waals surface area contributed by atoms with E-state index < -0.39 is 0 Å². The molecule has 0 amide bonds. The van der Waals surface area contributed by atoms with E-state index >= 15 is 0 Å². The zero-order valence-electron chi connectivity index (χ0n) is 16.1. The standard InChI is InChI=1S/C20H26IO.6FH.Sb/c1-2-3-4-5-6-10-17-22-20-15-13-19(14-16-20)21-18-11-8-7-9-12-18;;;;;;;/h7-9,11-16H,2-6,10,17H2,1H3;6*1H;/q+1;;;;;;;/p-6. The van der Waals surface area contributed by atoms with E-state index in [-0.39, 0.29) is 73.9 Å². The number of unbranched alkanes of at least 4 members (excludes halogenated alkanes) is 5. The van der Waals surface area contributed by atoms with Crippen LogP contribution in [0.3, 0.4) is 0 Å². The molecule has 9 heteroatoms. The molecule has 0 aliphatic rings. The molecule has 0 heterocycles. The Bertz CT molecular complexity index is 534. The van der Waals surface area contributed by atoms with Crippen molar-refractivity contribution in [1.82, 2.24) is 0 Å². The molecule has 2 aromatic rings. The molecule has 0 saturated carbocycles. The molecule has 0 atom stereocenters. The van der Waals surface area contributed by atoms with Crippen LogP contribution in [0, 0.1) is 7.14 Å². The first-order valence-corrected chi connectivity index (χ1v) is 10.5. The predicted molar refractivity (Wildman–Crippen MR) is 94.9 cm³/mol. The smallest absolute Gasteiger partial charge is 0.357 e. The van der Waals surface area contributed by atoms with Crippen molar-refractivity contribution in [2.75, 3.05) is 6.61 Å². The summed E-state index contributed by atoms with van der Waals surface area (Å²) in [5, 5.41) is 0. The van der Waals surface area contributed by atoms with Crippen LogP contribution < -0.4 is 54.2 Å². The van der Waals surface area contributed by atoms with Crippen molar-refractivity contribution < 1.29 is 54.2 Å². The average Bonchev–Trinajstić information content (AvgIpc) is 2.56. The summed E-state index contributed by atoms with van der Waals surface area (Å²) >= 11 is -0.0655. The molecule has 0 N–H and O–H groups in total. The van der Waals surface area contributed by atoms with Crippen LogP contribution in [0.15, 0.2) is 54.6 Å². The van der Waals surface area contributed by atoms with Crippen molar-refractivity contribution in [3.8, 4) is 5.75 Å². The van der Waals surface area contributed by atoms with Gasteiger partial charge in [0, 0.05) is 24.4 Å². The predicted octanol–water partition coefficient (Wildman–Crippen LogP) is -15.8. The van der Waals surface area contributed by atoms with Gasteiger partial charge in [-0.3, -0.25) is 0 Å². The molecule has 29 heavy (non-hydrogen) atoms.